The summed E-state index contributed by atoms with van der Waals surface area (Å²) in [5.74, 6) is -1.62. The summed E-state index contributed by atoms with van der Waals surface area (Å²) in [6.45, 7) is 1.74. The van der Waals surface area contributed by atoms with E-state index in [9.17, 15) is 18.4 Å². The van der Waals surface area contributed by atoms with E-state index in [2.05, 4.69) is 0 Å². The van der Waals surface area contributed by atoms with Crippen molar-refractivity contribution in [3.8, 4) is 0 Å². The van der Waals surface area contributed by atoms with Crippen LogP contribution < -0.4 is 4.90 Å². The quantitative estimate of drug-likeness (QED) is 0.641. The highest BCUT2D eigenvalue weighted by molar-refractivity contribution is 14.1. The van der Waals surface area contributed by atoms with Crippen molar-refractivity contribution in [3.05, 3.63) is 62.7 Å². The van der Waals surface area contributed by atoms with Crippen molar-refractivity contribution in [2.24, 2.45) is 0 Å². The lowest BCUT2D eigenvalue weighted by molar-refractivity contribution is 0.0936. The Hall–Kier alpha value is -1.83. The van der Waals surface area contributed by atoms with Crippen LogP contribution in [0.25, 0.3) is 0 Å². The first-order valence-electron chi connectivity index (χ1n) is 7.00. The van der Waals surface area contributed by atoms with Gasteiger partial charge in [-0.15, -0.1) is 0 Å². The second kappa shape index (κ2) is 5.99. The van der Waals surface area contributed by atoms with Crippen LogP contribution >= 0.6 is 22.6 Å². The fraction of sp³-hybridized carbons (Fsp3) is 0.176. The Bertz CT molecular complexity index is 822. The first-order valence-corrected chi connectivity index (χ1v) is 8.07. The van der Waals surface area contributed by atoms with Crippen molar-refractivity contribution in [1.82, 2.24) is 0 Å². The van der Waals surface area contributed by atoms with Gasteiger partial charge < -0.3 is 4.90 Å². The first kappa shape index (κ1) is 16.0. The molecular weight excluding hydrogens is 415 g/mol. The van der Waals surface area contributed by atoms with Gasteiger partial charge in [-0.2, -0.15) is 0 Å². The molecule has 1 atom stereocenters. The number of carbonyl (C=O) groups excluding carboxylic acids is 2. The molecule has 0 bridgehead atoms. The van der Waals surface area contributed by atoms with Gasteiger partial charge in [0.15, 0.2) is 5.78 Å². The third kappa shape index (κ3) is 2.87. The third-order valence-electron chi connectivity index (χ3n) is 3.83. The third-order valence-corrected chi connectivity index (χ3v) is 4.70. The van der Waals surface area contributed by atoms with E-state index in [4.69, 9.17) is 0 Å². The maximum atomic E-state index is 13.7. The first-order chi connectivity index (χ1) is 10.9. The fourth-order valence-corrected chi connectivity index (χ4v) is 3.06. The molecule has 0 aliphatic carbocycles. The summed E-state index contributed by atoms with van der Waals surface area (Å²) in [7, 11) is 0. The van der Waals surface area contributed by atoms with E-state index in [0.29, 0.717) is 9.26 Å². The summed E-state index contributed by atoms with van der Waals surface area (Å²) in [5, 5.41) is 0. The summed E-state index contributed by atoms with van der Waals surface area (Å²) in [6.07, 6.45) is 0.106. The Balaban J connectivity index is 2.08. The van der Waals surface area contributed by atoms with Gasteiger partial charge in [-0.05, 0) is 65.9 Å². The number of rotatable bonds is 1. The molecule has 0 aromatic heterocycles. The Morgan fingerprint density at radius 3 is 2.65 bits per heavy atom. The van der Waals surface area contributed by atoms with Crippen LogP contribution in [0.3, 0.4) is 0 Å². The van der Waals surface area contributed by atoms with E-state index in [1.54, 1.807) is 13.0 Å². The number of fused-ring (bicyclic) bond motifs is 1. The summed E-state index contributed by atoms with van der Waals surface area (Å²) in [4.78, 5) is 26.3. The molecule has 118 valence electrons. The van der Waals surface area contributed by atoms with Crippen LogP contribution in [0.2, 0.25) is 0 Å². The fourth-order valence-electron chi connectivity index (χ4n) is 2.73. The van der Waals surface area contributed by atoms with Gasteiger partial charge in [0, 0.05) is 27.2 Å². The molecule has 3 nitrogen and oxygen atoms in total. The highest BCUT2D eigenvalue weighted by atomic mass is 127. The highest BCUT2D eigenvalue weighted by Gasteiger charge is 2.33. The minimum absolute atomic E-state index is 0.106. The van der Waals surface area contributed by atoms with E-state index in [1.807, 2.05) is 22.6 Å². The van der Waals surface area contributed by atoms with Crippen LogP contribution in [0, 0.1) is 15.2 Å². The molecule has 0 radical (unpaired) electrons. The van der Waals surface area contributed by atoms with Crippen molar-refractivity contribution < 1.29 is 18.4 Å². The molecule has 1 heterocycles. The lowest BCUT2D eigenvalue weighted by Gasteiger charge is -2.34. The Morgan fingerprint density at radius 2 is 1.96 bits per heavy atom. The van der Waals surface area contributed by atoms with E-state index in [-0.39, 0.29) is 29.4 Å². The molecule has 1 aliphatic heterocycles. The molecule has 3 rings (SSSR count). The maximum Gasteiger partial charge on any atom is 0.258 e. The Labute approximate surface area is 145 Å². The number of anilines is 1. The average molecular weight is 427 g/mol. The van der Waals surface area contributed by atoms with Crippen LogP contribution in [-0.2, 0) is 0 Å². The SMILES string of the molecule is CC1CC(=O)c2cc(F)ccc2N1C(=O)c1ccc(I)c(F)c1. The average Bonchev–Trinajstić information content (AvgIpc) is 2.50. The van der Waals surface area contributed by atoms with Crippen LogP contribution in [0.15, 0.2) is 36.4 Å². The number of nitrogens with zero attached hydrogens (tertiary/aromatic N) is 1. The zero-order valence-corrected chi connectivity index (χ0v) is 14.3. The summed E-state index contributed by atoms with van der Waals surface area (Å²) in [5.41, 5.74) is 0.737. The van der Waals surface area contributed by atoms with Crippen LogP contribution in [0.5, 0.6) is 0 Å². The number of carbonyl (C=O) groups is 2. The van der Waals surface area contributed by atoms with Crippen molar-refractivity contribution in [2.45, 2.75) is 19.4 Å². The molecule has 0 saturated carbocycles. The number of amides is 1. The second-order valence-electron chi connectivity index (χ2n) is 5.44. The van der Waals surface area contributed by atoms with Gasteiger partial charge in [0.25, 0.3) is 5.91 Å². The molecular formula is C17H12F2INO2. The minimum Gasteiger partial charge on any atom is -0.304 e. The lowest BCUT2D eigenvalue weighted by Crippen LogP contribution is -2.44. The number of hydrogen-bond donors (Lipinski definition) is 0. The van der Waals surface area contributed by atoms with Gasteiger partial charge in [-0.1, -0.05) is 0 Å². The molecule has 6 heteroatoms. The van der Waals surface area contributed by atoms with Crippen molar-refractivity contribution in [1.29, 1.82) is 0 Å². The second-order valence-corrected chi connectivity index (χ2v) is 6.60. The van der Waals surface area contributed by atoms with Crippen molar-refractivity contribution in [3.63, 3.8) is 0 Å². The van der Waals surface area contributed by atoms with E-state index >= 15 is 0 Å². The molecule has 0 fully saturated rings. The smallest absolute Gasteiger partial charge is 0.258 e. The van der Waals surface area contributed by atoms with Crippen LogP contribution in [0.4, 0.5) is 14.5 Å². The standard InChI is InChI=1S/C17H12F2INO2/c1-9-6-16(22)12-8-11(18)3-5-15(12)21(9)17(23)10-2-4-14(20)13(19)7-10/h2-5,7-9H,6H2,1H3. The Morgan fingerprint density at radius 1 is 1.22 bits per heavy atom. The lowest BCUT2D eigenvalue weighted by atomic mass is 9.94. The molecule has 1 aliphatic rings. The van der Waals surface area contributed by atoms with Gasteiger partial charge in [-0.25, -0.2) is 8.78 Å². The Kier molecular flexibility index (Phi) is 4.18. The molecule has 2 aromatic carbocycles. The molecule has 2 aromatic rings. The maximum absolute atomic E-state index is 13.7. The topological polar surface area (TPSA) is 37.4 Å². The largest absolute Gasteiger partial charge is 0.304 e. The molecule has 1 amide bonds. The minimum atomic E-state index is -0.528. The summed E-state index contributed by atoms with van der Waals surface area (Å²) >= 11 is 1.84. The van der Waals surface area contributed by atoms with E-state index in [1.165, 1.54) is 29.2 Å². The number of ketones is 1. The van der Waals surface area contributed by atoms with E-state index in [0.717, 1.165) is 6.07 Å². The van der Waals surface area contributed by atoms with Gasteiger partial charge in [-0.3, -0.25) is 9.59 Å². The summed E-state index contributed by atoms with van der Waals surface area (Å²) < 4.78 is 27.6. The predicted molar refractivity (Wildman–Crippen MR) is 90.7 cm³/mol. The number of benzene rings is 2. The van der Waals surface area contributed by atoms with Gasteiger partial charge in [0.1, 0.15) is 11.6 Å². The van der Waals surface area contributed by atoms with Crippen LogP contribution in [-0.4, -0.2) is 17.7 Å². The van der Waals surface area contributed by atoms with Crippen LogP contribution in [0.1, 0.15) is 34.1 Å². The van der Waals surface area contributed by atoms with Gasteiger partial charge in [0.2, 0.25) is 0 Å². The van der Waals surface area contributed by atoms with Crippen molar-refractivity contribution in [2.75, 3.05) is 4.90 Å². The number of Topliss-reactive ketones (excluding diaryl/α,β-unsaturated/α-hetero) is 1. The highest BCUT2D eigenvalue weighted by Crippen LogP contribution is 2.32. The molecule has 0 spiro atoms. The van der Waals surface area contributed by atoms with Gasteiger partial charge in [0.05, 0.1) is 5.69 Å². The molecule has 0 saturated heterocycles. The number of hydrogen-bond acceptors (Lipinski definition) is 2. The molecule has 23 heavy (non-hydrogen) atoms. The zero-order chi connectivity index (χ0) is 16.7. The zero-order valence-electron chi connectivity index (χ0n) is 12.1. The summed E-state index contributed by atoms with van der Waals surface area (Å²) in [6, 6.07) is 7.62. The normalized spacial score (nSPS) is 17.1. The number of halogens is 3. The molecule has 1 unspecified atom stereocenters. The monoisotopic (exact) mass is 427 g/mol. The molecule has 0 N–H and O–H groups in total. The van der Waals surface area contributed by atoms with E-state index < -0.39 is 17.5 Å². The predicted octanol–water partition coefficient (Wildman–Crippen LogP) is 4.19. The van der Waals surface area contributed by atoms with Crippen molar-refractivity contribution >= 4 is 40.0 Å². The van der Waals surface area contributed by atoms with Gasteiger partial charge >= 0.3 is 0 Å².